The molecule has 0 bridgehead atoms. The highest BCUT2D eigenvalue weighted by molar-refractivity contribution is 7.18. The number of thiophene rings is 1. The number of carbonyl (C=O) groups excluding carboxylic acids is 3. The van der Waals surface area contributed by atoms with Crippen LogP contribution in [0.15, 0.2) is 12.1 Å². The summed E-state index contributed by atoms with van der Waals surface area (Å²) in [4.78, 5) is 38.6. The molecule has 1 aromatic rings. The Balaban J connectivity index is 1.72. The first kappa shape index (κ1) is 18.9. The van der Waals surface area contributed by atoms with Gasteiger partial charge in [0, 0.05) is 38.4 Å². The summed E-state index contributed by atoms with van der Waals surface area (Å²) < 4.78 is 0.577. The summed E-state index contributed by atoms with van der Waals surface area (Å²) in [5.41, 5.74) is 0. The second kappa shape index (κ2) is 9.18. The van der Waals surface area contributed by atoms with Crippen LogP contribution in [0.3, 0.4) is 0 Å². The van der Waals surface area contributed by atoms with Crippen LogP contribution in [0.25, 0.3) is 0 Å². The van der Waals surface area contributed by atoms with Crippen LogP contribution >= 0.6 is 22.9 Å². The van der Waals surface area contributed by atoms with E-state index in [1.165, 1.54) is 11.3 Å². The molecule has 0 aliphatic carbocycles. The molecule has 2 rings (SSSR count). The number of hydrogen-bond donors (Lipinski definition) is 1. The Kier molecular flexibility index (Phi) is 7.24. The van der Waals surface area contributed by atoms with Gasteiger partial charge >= 0.3 is 0 Å². The quantitative estimate of drug-likeness (QED) is 0.750. The third-order valence-electron chi connectivity index (χ3n) is 4.18. The number of piperidine rings is 1. The van der Waals surface area contributed by atoms with E-state index in [2.05, 4.69) is 5.32 Å². The molecular formula is C17H23ClN2O3S. The van der Waals surface area contributed by atoms with Gasteiger partial charge in [-0.1, -0.05) is 18.5 Å². The second-order valence-electron chi connectivity index (χ2n) is 5.97. The van der Waals surface area contributed by atoms with Crippen molar-refractivity contribution in [3.05, 3.63) is 21.3 Å². The molecule has 1 aliphatic heterocycles. The zero-order valence-electron chi connectivity index (χ0n) is 13.8. The van der Waals surface area contributed by atoms with Crippen LogP contribution in [-0.2, 0) is 9.59 Å². The van der Waals surface area contributed by atoms with E-state index in [0.717, 1.165) is 6.42 Å². The summed E-state index contributed by atoms with van der Waals surface area (Å²) in [5.74, 6) is 0.0247. The summed E-state index contributed by atoms with van der Waals surface area (Å²) in [6, 6.07) is 3.38. The van der Waals surface area contributed by atoms with Crippen molar-refractivity contribution in [1.82, 2.24) is 10.2 Å². The molecule has 1 aliphatic rings. The first-order valence-electron chi connectivity index (χ1n) is 8.35. The van der Waals surface area contributed by atoms with E-state index in [-0.39, 0.29) is 36.4 Å². The van der Waals surface area contributed by atoms with Crippen LogP contribution < -0.4 is 5.32 Å². The van der Waals surface area contributed by atoms with Crippen LogP contribution in [0.2, 0.25) is 4.34 Å². The fourth-order valence-corrected chi connectivity index (χ4v) is 3.76. The van der Waals surface area contributed by atoms with Gasteiger partial charge in [0.1, 0.15) is 0 Å². The second-order valence-corrected chi connectivity index (χ2v) is 7.69. The number of carbonyl (C=O) groups is 3. The topological polar surface area (TPSA) is 66.5 Å². The van der Waals surface area contributed by atoms with E-state index in [1.807, 2.05) is 6.92 Å². The molecule has 1 saturated heterocycles. The summed E-state index contributed by atoms with van der Waals surface area (Å²) in [6.07, 6.45) is 2.71. The average Bonchev–Trinajstić information content (AvgIpc) is 3.04. The van der Waals surface area contributed by atoms with Crippen LogP contribution in [0.4, 0.5) is 0 Å². The molecule has 2 heterocycles. The molecule has 1 aromatic heterocycles. The first-order chi connectivity index (χ1) is 11.5. The van der Waals surface area contributed by atoms with Gasteiger partial charge in [-0.15, -0.1) is 11.3 Å². The van der Waals surface area contributed by atoms with Crippen molar-refractivity contribution < 1.29 is 14.4 Å². The Labute approximate surface area is 151 Å². The normalized spacial score (nSPS) is 15.3. The number of amides is 2. The van der Waals surface area contributed by atoms with Crippen LogP contribution in [-0.4, -0.2) is 42.1 Å². The van der Waals surface area contributed by atoms with Gasteiger partial charge in [0.25, 0.3) is 0 Å². The van der Waals surface area contributed by atoms with E-state index in [1.54, 1.807) is 17.0 Å². The van der Waals surface area contributed by atoms with Gasteiger partial charge in [0.15, 0.2) is 5.78 Å². The van der Waals surface area contributed by atoms with Crippen molar-refractivity contribution in [3.63, 3.8) is 0 Å². The lowest BCUT2D eigenvalue weighted by Crippen LogP contribution is -2.43. The van der Waals surface area contributed by atoms with Crippen molar-refractivity contribution in [2.75, 3.05) is 19.6 Å². The van der Waals surface area contributed by atoms with Crippen LogP contribution in [0, 0.1) is 5.92 Å². The minimum atomic E-state index is -0.0471. The molecule has 5 nitrogen and oxygen atoms in total. The predicted octanol–water partition coefficient (Wildman–Crippen LogP) is 3.13. The molecule has 7 heteroatoms. The smallest absolute Gasteiger partial charge is 0.223 e. The molecule has 2 amide bonds. The minimum Gasteiger partial charge on any atom is -0.356 e. The van der Waals surface area contributed by atoms with Crippen molar-refractivity contribution in [1.29, 1.82) is 0 Å². The molecule has 24 heavy (non-hydrogen) atoms. The van der Waals surface area contributed by atoms with Gasteiger partial charge in [-0.3, -0.25) is 14.4 Å². The van der Waals surface area contributed by atoms with Gasteiger partial charge in [0.2, 0.25) is 11.8 Å². The third-order valence-corrected chi connectivity index (χ3v) is 5.45. The molecular weight excluding hydrogens is 348 g/mol. The lowest BCUT2D eigenvalue weighted by Gasteiger charge is -2.31. The number of rotatable bonds is 7. The maximum atomic E-state index is 12.2. The lowest BCUT2D eigenvalue weighted by molar-refractivity contribution is -0.135. The molecule has 1 N–H and O–H groups in total. The van der Waals surface area contributed by atoms with E-state index >= 15 is 0 Å². The van der Waals surface area contributed by atoms with Gasteiger partial charge < -0.3 is 10.2 Å². The summed E-state index contributed by atoms with van der Waals surface area (Å²) in [5, 5.41) is 2.91. The highest BCUT2D eigenvalue weighted by Crippen LogP contribution is 2.23. The molecule has 132 valence electrons. The molecule has 1 fully saturated rings. The number of likely N-dealkylation sites (tertiary alicyclic amines) is 1. The SMILES string of the molecule is CCCNC(=O)C1CCN(C(=O)CCC(=O)c2ccc(Cl)s2)CC1. The van der Waals surface area contributed by atoms with Crippen molar-refractivity contribution in [3.8, 4) is 0 Å². The van der Waals surface area contributed by atoms with Gasteiger partial charge in [0.05, 0.1) is 9.21 Å². The molecule has 0 spiro atoms. The minimum absolute atomic E-state index is 0.00417. The summed E-state index contributed by atoms with van der Waals surface area (Å²) in [7, 11) is 0. The number of nitrogens with one attached hydrogen (secondary N) is 1. The standard InChI is InChI=1S/C17H23ClN2O3S/c1-2-9-19-17(23)12-7-10-20(11-8-12)16(22)6-3-13(21)14-4-5-15(18)24-14/h4-5,12H,2-3,6-11H2,1H3,(H,19,23). The number of Topliss-reactive ketones (excluding diaryl/α,β-unsaturated/α-hetero) is 1. The maximum absolute atomic E-state index is 12.2. The van der Waals surface area contributed by atoms with Crippen molar-refractivity contribution in [2.24, 2.45) is 5.92 Å². The zero-order valence-corrected chi connectivity index (χ0v) is 15.4. The largest absolute Gasteiger partial charge is 0.356 e. The number of halogens is 1. The highest BCUT2D eigenvalue weighted by atomic mass is 35.5. The zero-order chi connectivity index (χ0) is 17.5. The Hall–Kier alpha value is -1.40. The first-order valence-corrected chi connectivity index (χ1v) is 9.54. The van der Waals surface area contributed by atoms with Crippen molar-refractivity contribution >= 4 is 40.5 Å². The molecule has 0 atom stereocenters. The molecule has 0 unspecified atom stereocenters. The van der Waals surface area contributed by atoms with Gasteiger partial charge in [-0.25, -0.2) is 0 Å². The van der Waals surface area contributed by atoms with Crippen LogP contribution in [0.5, 0.6) is 0 Å². The van der Waals surface area contributed by atoms with Crippen molar-refractivity contribution in [2.45, 2.75) is 39.0 Å². The van der Waals surface area contributed by atoms with E-state index in [0.29, 0.717) is 41.7 Å². The lowest BCUT2D eigenvalue weighted by atomic mass is 9.95. The summed E-state index contributed by atoms with van der Waals surface area (Å²) in [6.45, 7) is 3.89. The van der Waals surface area contributed by atoms with E-state index in [9.17, 15) is 14.4 Å². The number of nitrogens with zero attached hydrogens (tertiary/aromatic N) is 1. The number of hydrogen-bond acceptors (Lipinski definition) is 4. The molecule has 0 aromatic carbocycles. The average molecular weight is 371 g/mol. The summed E-state index contributed by atoms with van der Waals surface area (Å²) >= 11 is 7.06. The maximum Gasteiger partial charge on any atom is 0.223 e. The fourth-order valence-electron chi connectivity index (χ4n) is 2.75. The van der Waals surface area contributed by atoms with Crippen LogP contribution in [0.1, 0.15) is 48.7 Å². The van der Waals surface area contributed by atoms with Gasteiger partial charge in [-0.2, -0.15) is 0 Å². The Bertz CT molecular complexity index is 594. The highest BCUT2D eigenvalue weighted by Gasteiger charge is 2.27. The van der Waals surface area contributed by atoms with Gasteiger partial charge in [-0.05, 0) is 31.4 Å². The third kappa shape index (κ3) is 5.31. The Morgan fingerprint density at radius 1 is 1.25 bits per heavy atom. The number of ketones is 1. The Morgan fingerprint density at radius 3 is 2.54 bits per heavy atom. The monoisotopic (exact) mass is 370 g/mol. The van der Waals surface area contributed by atoms with E-state index < -0.39 is 0 Å². The molecule has 0 saturated carbocycles. The van der Waals surface area contributed by atoms with E-state index in [4.69, 9.17) is 11.6 Å². The fraction of sp³-hybridized carbons (Fsp3) is 0.588. The Morgan fingerprint density at radius 2 is 1.96 bits per heavy atom. The predicted molar refractivity (Wildman–Crippen MR) is 95.5 cm³/mol. The molecule has 0 radical (unpaired) electrons.